The van der Waals surface area contributed by atoms with Crippen LogP contribution in [0.2, 0.25) is 0 Å². The van der Waals surface area contributed by atoms with Gasteiger partial charge in [-0.05, 0) is 36.8 Å². The predicted molar refractivity (Wildman–Crippen MR) is 97.3 cm³/mol. The lowest BCUT2D eigenvalue weighted by Crippen LogP contribution is -1.86. The molecule has 0 saturated heterocycles. The highest BCUT2D eigenvalue weighted by atomic mass is 14.0. The molecule has 0 aliphatic rings. The van der Waals surface area contributed by atoms with Gasteiger partial charge in [-0.1, -0.05) is 94.8 Å². The molecule has 0 heteroatoms. The number of hydrogen-bond donors (Lipinski definition) is 0. The minimum atomic E-state index is 0. The first kappa shape index (κ1) is 19.4. The average Bonchev–Trinajstić information content (AvgIpc) is 2.40. The van der Waals surface area contributed by atoms with Crippen molar-refractivity contribution in [2.45, 2.75) is 60.8 Å². The fraction of sp³-hybridized carbons (Fsp3) is 0.429. The van der Waals surface area contributed by atoms with Crippen LogP contribution in [0, 0.1) is 13.8 Å². The SMILES string of the molecule is C.Cc1ccc(C(C)C)cc1.Cc1cccc(C(C)C)c1. The third-order valence-electron chi connectivity index (χ3n) is 3.45. The molecule has 0 unspecified atom stereocenters. The second-order valence-corrected chi connectivity index (χ2v) is 6.13. The topological polar surface area (TPSA) is 0 Å². The molecule has 0 saturated carbocycles. The molecule has 0 bridgehead atoms. The van der Waals surface area contributed by atoms with Crippen molar-refractivity contribution >= 4 is 0 Å². The van der Waals surface area contributed by atoms with Crippen molar-refractivity contribution in [2.24, 2.45) is 0 Å². The van der Waals surface area contributed by atoms with Gasteiger partial charge in [0.1, 0.15) is 0 Å². The van der Waals surface area contributed by atoms with E-state index in [9.17, 15) is 0 Å². The zero-order valence-corrected chi connectivity index (χ0v) is 13.8. The zero-order valence-electron chi connectivity index (χ0n) is 13.8. The van der Waals surface area contributed by atoms with E-state index in [0.29, 0.717) is 11.8 Å². The summed E-state index contributed by atoms with van der Waals surface area (Å²) in [5.41, 5.74) is 5.54. The van der Waals surface area contributed by atoms with Gasteiger partial charge in [0.2, 0.25) is 0 Å². The first-order valence-corrected chi connectivity index (χ1v) is 7.53. The number of benzene rings is 2. The molecule has 2 aromatic rings. The van der Waals surface area contributed by atoms with Crippen molar-refractivity contribution in [3.8, 4) is 0 Å². The standard InChI is InChI=1S/2C10H14.CH4/c1-8(2)10-6-4-9(3)5-7-10;1-8(2)10-6-4-5-9(3)7-10;/h2*4-8H,1-3H3;1H4. The molecule has 0 aliphatic carbocycles. The maximum Gasteiger partial charge on any atom is -0.0219 e. The second-order valence-electron chi connectivity index (χ2n) is 6.13. The lowest BCUT2D eigenvalue weighted by molar-refractivity contribution is 0.865. The van der Waals surface area contributed by atoms with Crippen LogP contribution in [0.1, 0.15) is 69.2 Å². The smallest absolute Gasteiger partial charge is 0.0219 e. The molecule has 0 aromatic heterocycles. The summed E-state index contributed by atoms with van der Waals surface area (Å²) in [6, 6.07) is 17.4. The van der Waals surface area contributed by atoms with Crippen LogP contribution in [0.3, 0.4) is 0 Å². The van der Waals surface area contributed by atoms with E-state index in [4.69, 9.17) is 0 Å². The van der Waals surface area contributed by atoms with Crippen LogP contribution < -0.4 is 0 Å². The fourth-order valence-electron chi connectivity index (χ4n) is 1.98. The Hall–Kier alpha value is -1.56. The van der Waals surface area contributed by atoms with E-state index >= 15 is 0 Å². The third-order valence-corrected chi connectivity index (χ3v) is 3.45. The Bertz CT molecular complexity index is 504. The van der Waals surface area contributed by atoms with E-state index in [1.807, 2.05) is 0 Å². The lowest BCUT2D eigenvalue weighted by Gasteiger charge is -2.04. The maximum absolute atomic E-state index is 2.24. The van der Waals surface area contributed by atoms with Crippen LogP contribution in [0.25, 0.3) is 0 Å². The quantitative estimate of drug-likeness (QED) is 0.564. The van der Waals surface area contributed by atoms with Gasteiger partial charge < -0.3 is 0 Å². The number of rotatable bonds is 2. The van der Waals surface area contributed by atoms with Gasteiger partial charge in [-0.2, -0.15) is 0 Å². The molecule has 0 atom stereocenters. The summed E-state index contributed by atoms with van der Waals surface area (Å²) < 4.78 is 0. The van der Waals surface area contributed by atoms with E-state index in [1.165, 1.54) is 22.3 Å². The molecule has 0 fully saturated rings. The monoisotopic (exact) mass is 284 g/mol. The van der Waals surface area contributed by atoms with Crippen molar-refractivity contribution < 1.29 is 0 Å². The van der Waals surface area contributed by atoms with Crippen LogP contribution in [0.4, 0.5) is 0 Å². The van der Waals surface area contributed by atoms with Crippen LogP contribution in [0.5, 0.6) is 0 Å². The Labute approximate surface area is 132 Å². The Balaban J connectivity index is 0.000000364. The summed E-state index contributed by atoms with van der Waals surface area (Å²) in [5, 5.41) is 0. The van der Waals surface area contributed by atoms with Crippen molar-refractivity contribution in [2.75, 3.05) is 0 Å². The predicted octanol–water partition coefficient (Wildman–Crippen LogP) is 6.87. The molecule has 2 rings (SSSR count). The summed E-state index contributed by atoms with van der Waals surface area (Å²) in [7, 11) is 0. The summed E-state index contributed by atoms with van der Waals surface area (Å²) in [6.45, 7) is 13.1. The van der Waals surface area contributed by atoms with Gasteiger partial charge in [0, 0.05) is 0 Å². The normalized spacial score (nSPS) is 9.90. The van der Waals surface area contributed by atoms with E-state index < -0.39 is 0 Å². The number of aryl methyl sites for hydroxylation is 2. The fourth-order valence-corrected chi connectivity index (χ4v) is 1.98. The molecule has 0 nitrogen and oxygen atoms in total. The van der Waals surface area contributed by atoms with Gasteiger partial charge in [0.15, 0.2) is 0 Å². The Morgan fingerprint density at radius 2 is 1.14 bits per heavy atom. The molecule has 0 aliphatic heterocycles. The molecule has 0 spiro atoms. The Kier molecular flexibility index (Phi) is 8.69. The summed E-state index contributed by atoms with van der Waals surface area (Å²) in [6.07, 6.45) is 0. The van der Waals surface area contributed by atoms with Gasteiger partial charge in [-0.15, -0.1) is 0 Å². The minimum absolute atomic E-state index is 0. The zero-order chi connectivity index (χ0) is 15.1. The van der Waals surface area contributed by atoms with Crippen molar-refractivity contribution in [3.05, 3.63) is 70.8 Å². The molecule has 116 valence electrons. The van der Waals surface area contributed by atoms with Crippen LogP contribution in [0.15, 0.2) is 48.5 Å². The summed E-state index contributed by atoms with van der Waals surface area (Å²) in [4.78, 5) is 0. The van der Waals surface area contributed by atoms with Crippen LogP contribution in [-0.2, 0) is 0 Å². The highest BCUT2D eigenvalue weighted by Crippen LogP contribution is 2.14. The molecule has 21 heavy (non-hydrogen) atoms. The van der Waals surface area contributed by atoms with Gasteiger partial charge in [-0.25, -0.2) is 0 Å². The molecular formula is C21H32. The number of hydrogen-bond acceptors (Lipinski definition) is 0. The molecular weight excluding hydrogens is 252 g/mol. The van der Waals surface area contributed by atoms with Gasteiger partial charge in [0.05, 0.1) is 0 Å². The van der Waals surface area contributed by atoms with E-state index in [-0.39, 0.29) is 7.43 Å². The highest BCUT2D eigenvalue weighted by Gasteiger charge is 1.96. The first-order chi connectivity index (χ1) is 9.40. The van der Waals surface area contributed by atoms with Gasteiger partial charge in [-0.3, -0.25) is 0 Å². The maximum atomic E-state index is 2.24. The average molecular weight is 284 g/mol. The largest absolute Gasteiger partial charge is 0.0776 e. The van der Waals surface area contributed by atoms with Crippen molar-refractivity contribution in [1.82, 2.24) is 0 Å². The Morgan fingerprint density at radius 3 is 1.52 bits per heavy atom. The molecule has 0 N–H and O–H groups in total. The summed E-state index contributed by atoms with van der Waals surface area (Å²) in [5.74, 6) is 1.31. The molecule has 0 radical (unpaired) electrons. The summed E-state index contributed by atoms with van der Waals surface area (Å²) >= 11 is 0. The van der Waals surface area contributed by atoms with Crippen molar-refractivity contribution in [3.63, 3.8) is 0 Å². The molecule has 0 amide bonds. The Morgan fingerprint density at radius 1 is 0.619 bits per heavy atom. The highest BCUT2D eigenvalue weighted by molar-refractivity contribution is 5.24. The van der Waals surface area contributed by atoms with Gasteiger partial charge >= 0.3 is 0 Å². The molecule has 0 heterocycles. The van der Waals surface area contributed by atoms with Crippen molar-refractivity contribution in [1.29, 1.82) is 0 Å². The third kappa shape index (κ3) is 7.13. The van der Waals surface area contributed by atoms with Crippen LogP contribution >= 0.6 is 0 Å². The van der Waals surface area contributed by atoms with Crippen LogP contribution in [-0.4, -0.2) is 0 Å². The van der Waals surface area contributed by atoms with Gasteiger partial charge in [0.25, 0.3) is 0 Å². The second kappa shape index (κ2) is 9.39. The van der Waals surface area contributed by atoms with E-state index in [0.717, 1.165) is 0 Å². The first-order valence-electron chi connectivity index (χ1n) is 7.53. The molecule has 2 aromatic carbocycles. The van der Waals surface area contributed by atoms with E-state index in [1.54, 1.807) is 0 Å². The van der Waals surface area contributed by atoms with E-state index in [2.05, 4.69) is 90.1 Å². The lowest BCUT2D eigenvalue weighted by atomic mass is 10.0. The minimum Gasteiger partial charge on any atom is -0.0776 e.